The Morgan fingerprint density at radius 1 is 0.971 bits per heavy atom. The largest absolute Gasteiger partial charge is 0.394 e. The minimum atomic E-state index is -1.52. The maximum atomic E-state index is 10.7. The standard InChI is InChI=1S/C26H44O8/c1-24(2)17-6-5-14-11-25(3,9-7-15(14)26(17,4)10-8-18(24)29)19(13-28)34-23-22(32)21(31)20(30)16(12-27)33-23/h11,15-23,27-32H,5-10,12-13H2,1-4H3. The van der Waals surface area contributed by atoms with E-state index in [0.29, 0.717) is 11.8 Å². The minimum Gasteiger partial charge on any atom is -0.394 e. The molecule has 0 amide bonds. The van der Waals surface area contributed by atoms with E-state index >= 15 is 0 Å². The van der Waals surface area contributed by atoms with Gasteiger partial charge < -0.3 is 40.1 Å². The molecular formula is C26H44O8. The molecule has 34 heavy (non-hydrogen) atoms. The summed E-state index contributed by atoms with van der Waals surface area (Å²) in [6, 6.07) is 0. The Bertz CT molecular complexity index is 768. The average Bonchev–Trinajstić information content (AvgIpc) is 2.79. The van der Waals surface area contributed by atoms with E-state index in [1.165, 1.54) is 5.57 Å². The quantitative estimate of drug-likeness (QED) is 0.319. The maximum Gasteiger partial charge on any atom is 0.187 e. The molecule has 0 spiro atoms. The lowest BCUT2D eigenvalue weighted by atomic mass is 9.45. The summed E-state index contributed by atoms with van der Waals surface area (Å²) in [5.74, 6) is 0.881. The fourth-order valence-electron chi connectivity index (χ4n) is 7.75. The molecule has 4 aliphatic rings. The van der Waals surface area contributed by atoms with Crippen LogP contribution in [0.15, 0.2) is 11.6 Å². The molecule has 3 aliphatic carbocycles. The summed E-state index contributed by atoms with van der Waals surface area (Å²) in [6.45, 7) is 8.03. The third-order valence-corrected chi connectivity index (χ3v) is 10.0. The van der Waals surface area contributed by atoms with Crippen LogP contribution in [0.5, 0.6) is 0 Å². The highest BCUT2D eigenvalue weighted by molar-refractivity contribution is 5.25. The van der Waals surface area contributed by atoms with Crippen LogP contribution in [0, 0.1) is 28.1 Å². The van der Waals surface area contributed by atoms with Crippen molar-refractivity contribution in [3.63, 3.8) is 0 Å². The monoisotopic (exact) mass is 484 g/mol. The zero-order valence-corrected chi connectivity index (χ0v) is 20.9. The summed E-state index contributed by atoms with van der Waals surface area (Å²) in [5, 5.41) is 61.0. The molecule has 8 heteroatoms. The van der Waals surface area contributed by atoms with Gasteiger partial charge in [0, 0.05) is 5.41 Å². The van der Waals surface area contributed by atoms with Crippen molar-refractivity contribution < 1.29 is 40.1 Å². The van der Waals surface area contributed by atoms with Crippen molar-refractivity contribution in [2.24, 2.45) is 28.1 Å². The van der Waals surface area contributed by atoms with Gasteiger partial charge in [-0.15, -0.1) is 0 Å². The van der Waals surface area contributed by atoms with Gasteiger partial charge in [0.25, 0.3) is 0 Å². The fourth-order valence-corrected chi connectivity index (χ4v) is 7.75. The average molecular weight is 485 g/mol. The Kier molecular flexibility index (Phi) is 7.30. The van der Waals surface area contributed by atoms with Crippen molar-refractivity contribution >= 4 is 0 Å². The van der Waals surface area contributed by atoms with Gasteiger partial charge in [-0.2, -0.15) is 0 Å². The first-order chi connectivity index (χ1) is 15.9. The molecule has 0 aromatic heterocycles. The van der Waals surface area contributed by atoms with Crippen molar-refractivity contribution in [2.75, 3.05) is 13.2 Å². The lowest BCUT2D eigenvalue weighted by Crippen LogP contribution is -2.60. The smallest absolute Gasteiger partial charge is 0.187 e. The minimum absolute atomic E-state index is 0.112. The third-order valence-electron chi connectivity index (χ3n) is 10.0. The molecule has 0 radical (unpaired) electrons. The van der Waals surface area contributed by atoms with Crippen molar-refractivity contribution in [1.29, 1.82) is 0 Å². The second kappa shape index (κ2) is 9.38. The summed E-state index contributed by atoms with van der Waals surface area (Å²) in [5.41, 5.74) is 0.905. The summed E-state index contributed by atoms with van der Waals surface area (Å²) in [4.78, 5) is 0. The van der Waals surface area contributed by atoms with E-state index in [-0.39, 0.29) is 23.5 Å². The molecule has 0 aromatic rings. The van der Waals surface area contributed by atoms with Gasteiger partial charge in [-0.1, -0.05) is 39.3 Å². The number of rotatable bonds is 5. The van der Waals surface area contributed by atoms with Crippen LogP contribution in [-0.4, -0.2) is 86.8 Å². The molecule has 2 saturated carbocycles. The molecule has 1 saturated heterocycles. The van der Waals surface area contributed by atoms with Gasteiger partial charge in [-0.05, 0) is 61.2 Å². The van der Waals surface area contributed by atoms with E-state index in [0.717, 1.165) is 38.5 Å². The van der Waals surface area contributed by atoms with Crippen LogP contribution >= 0.6 is 0 Å². The number of hydrogen-bond acceptors (Lipinski definition) is 8. The second-order valence-electron chi connectivity index (χ2n) is 12.3. The highest BCUT2D eigenvalue weighted by atomic mass is 16.7. The number of fused-ring (bicyclic) bond motifs is 3. The Labute approximate surface area is 202 Å². The first-order valence-electron chi connectivity index (χ1n) is 12.9. The van der Waals surface area contributed by atoms with Crippen LogP contribution in [-0.2, 0) is 9.47 Å². The number of allylic oxidation sites excluding steroid dienone is 1. The van der Waals surface area contributed by atoms with E-state index < -0.39 is 48.8 Å². The normalized spacial score (nSPS) is 49.5. The van der Waals surface area contributed by atoms with Gasteiger partial charge in [-0.3, -0.25) is 0 Å². The molecule has 196 valence electrons. The van der Waals surface area contributed by atoms with Gasteiger partial charge >= 0.3 is 0 Å². The molecule has 11 atom stereocenters. The molecule has 0 bridgehead atoms. The first kappa shape index (κ1) is 26.5. The summed E-state index contributed by atoms with van der Waals surface area (Å²) in [6.07, 6.45) is 0.0678. The van der Waals surface area contributed by atoms with Crippen LogP contribution < -0.4 is 0 Å². The lowest BCUT2D eigenvalue weighted by Gasteiger charge is -2.61. The number of ether oxygens (including phenoxy) is 2. The highest BCUT2D eigenvalue weighted by Crippen LogP contribution is 2.64. The summed E-state index contributed by atoms with van der Waals surface area (Å²) < 4.78 is 11.6. The van der Waals surface area contributed by atoms with Crippen LogP contribution in [0.1, 0.15) is 66.2 Å². The molecule has 3 fully saturated rings. The van der Waals surface area contributed by atoms with Crippen molar-refractivity contribution in [1.82, 2.24) is 0 Å². The second-order valence-corrected chi connectivity index (χ2v) is 12.3. The van der Waals surface area contributed by atoms with Gasteiger partial charge in [0.05, 0.1) is 25.4 Å². The summed E-state index contributed by atoms with van der Waals surface area (Å²) in [7, 11) is 0. The fraction of sp³-hybridized carbons (Fsp3) is 0.923. The molecule has 0 aromatic carbocycles. The van der Waals surface area contributed by atoms with Gasteiger partial charge in [0.1, 0.15) is 24.4 Å². The SMILES string of the molecule is CC1(C(CO)OC2OC(CO)C(O)C(O)C2O)C=C2CCC3C(C)(C)C(O)CCC3(C)C2CC1. The molecule has 6 N–H and O–H groups in total. The first-order valence-corrected chi connectivity index (χ1v) is 12.9. The number of aliphatic hydroxyl groups excluding tert-OH is 6. The van der Waals surface area contributed by atoms with E-state index in [4.69, 9.17) is 9.47 Å². The van der Waals surface area contributed by atoms with Crippen LogP contribution in [0.4, 0.5) is 0 Å². The third kappa shape index (κ3) is 4.18. The predicted octanol–water partition coefficient (Wildman–Crippen LogP) is 1.10. The van der Waals surface area contributed by atoms with Crippen LogP contribution in [0.25, 0.3) is 0 Å². The molecule has 8 nitrogen and oxygen atoms in total. The zero-order valence-electron chi connectivity index (χ0n) is 20.9. The van der Waals surface area contributed by atoms with E-state index in [1.807, 2.05) is 6.92 Å². The molecule has 1 heterocycles. The molecule has 4 rings (SSSR count). The maximum absolute atomic E-state index is 10.7. The van der Waals surface area contributed by atoms with E-state index in [9.17, 15) is 30.6 Å². The molecule has 1 aliphatic heterocycles. The molecule has 11 unspecified atom stereocenters. The highest BCUT2D eigenvalue weighted by Gasteiger charge is 2.57. The predicted molar refractivity (Wildman–Crippen MR) is 124 cm³/mol. The summed E-state index contributed by atoms with van der Waals surface area (Å²) >= 11 is 0. The van der Waals surface area contributed by atoms with E-state index in [2.05, 4.69) is 26.8 Å². The van der Waals surface area contributed by atoms with Gasteiger partial charge in [0.2, 0.25) is 0 Å². The van der Waals surface area contributed by atoms with Gasteiger partial charge in [-0.25, -0.2) is 0 Å². The molecular weight excluding hydrogens is 440 g/mol. The van der Waals surface area contributed by atoms with Crippen molar-refractivity contribution in [3.05, 3.63) is 11.6 Å². The van der Waals surface area contributed by atoms with Crippen LogP contribution in [0.3, 0.4) is 0 Å². The van der Waals surface area contributed by atoms with E-state index in [1.54, 1.807) is 0 Å². The Hall–Kier alpha value is -0.580. The number of aliphatic hydroxyl groups is 6. The zero-order chi connectivity index (χ0) is 25.1. The topological polar surface area (TPSA) is 140 Å². The van der Waals surface area contributed by atoms with Gasteiger partial charge in [0.15, 0.2) is 6.29 Å². The number of hydrogen-bond donors (Lipinski definition) is 6. The Balaban J connectivity index is 1.55. The Morgan fingerprint density at radius 3 is 2.32 bits per heavy atom. The van der Waals surface area contributed by atoms with Crippen molar-refractivity contribution in [3.8, 4) is 0 Å². The Morgan fingerprint density at radius 2 is 1.68 bits per heavy atom. The van der Waals surface area contributed by atoms with Crippen LogP contribution in [0.2, 0.25) is 0 Å². The lowest BCUT2D eigenvalue weighted by molar-refractivity contribution is -0.320. The van der Waals surface area contributed by atoms with Crippen molar-refractivity contribution in [2.45, 2.75) is 109 Å².